The fraction of sp³-hybridized carbons (Fsp3) is 0.100. The first-order valence-electron chi connectivity index (χ1n) is 3.92. The molecule has 13 heavy (non-hydrogen) atoms. The Hall–Kier alpha value is -1.22. The number of thioether (sulfide) groups is 1. The standard InChI is InChI=1S/C10H9NOS/c1-13-9-5-7-4-8(12)2-3-10(7)11-6-9/h2-6,12H,1H3. The van der Waals surface area contributed by atoms with Gasteiger partial charge in [0.1, 0.15) is 5.75 Å². The van der Waals surface area contributed by atoms with Crippen LogP contribution in [0.3, 0.4) is 0 Å². The maximum Gasteiger partial charge on any atom is 0.116 e. The molecule has 2 nitrogen and oxygen atoms in total. The van der Waals surface area contributed by atoms with Crippen LogP contribution in [0.2, 0.25) is 0 Å². The lowest BCUT2D eigenvalue weighted by Crippen LogP contribution is -1.79. The van der Waals surface area contributed by atoms with Crippen LogP contribution in [0, 0.1) is 0 Å². The molecule has 0 aliphatic heterocycles. The van der Waals surface area contributed by atoms with Crippen molar-refractivity contribution in [2.24, 2.45) is 0 Å². The van der Waals surface area contributed by atoms with Crippen LogP contribution in [0.25, 0.3) is 10.9 Å². The lowest BCUT2D eigenvalue weighted by atomic mass is 10.2. The highest BCUT2D eigenvalue weighted by Crippen LogP contribution is 2.22. The summed E-state index contributed by atoms with van der Waals surface area (Å²) >= 11 is 1.65. The molecule has 0 saturated carbocycles. The average Bonchev–Trinajstić information content (AvgIpc) is 2.16. The number of hydrogen-bond acceptors (Lipinski definition) is 3. The van der Waals surface area contributed by atoms with Gasteiger partial charge in [-0.2, -0.15) is 0 Å². The van der Waals surface area contributed by atoms with Crippen LogP contribution in [-0.2, 0) is 0 Å². The van der Waals surface area contributed by atoms with E-state index in [1.165, 1.54) is 0 Å². The molecule has 0 aliphatic carbocycles. The molecule has 0 unspecified atom stereocenters. The van der Waals surface area contributed by atoms with Crippen LogP contribution in [0.15, 0.2) is 35.4 Å². The molecular weight excluding hydrogens is 182 g/mol. The predicted octanol–water partition coefficient (Wildman–Crippen LogP) is 2.66. The van der Waals surface area contributed by atoms with E-state index in [9.17, 15) is 5.11 Å². The minimum absolute atomic E-state index is 0.285. The SMILES string of the molecule is CSc1cnc2ccc(O)cc2c1. The van der Waals surface area contributed by atoms with Crippen molar-refractivity contribution in [2.75, 3.05) is 6.26 Å². The van der Waals surface area contributed by atoms with Crippen molar-refractivity contribution in [1.29, 1.82) is 0 Å². The summed E-state index contributed by atoms with van der Waals surface area (Å²) in [5.41, 5.74) is 0.913. The molecule has 1 heterocycles. The summed E-state index contributed by atoms with van der Waals surface area (Å²) in [4.78, 5) is 5.37. The van der Waals surface area contributed by atoms with Gasteiger partial charge >= 0.3 is 0 Å². The molecule has 0 aliphatic rings. The van der Waals surface area contributed by atoms with Gasteiger partial charge in [0.2, 0.25) is 0 Å². The number of fused-ring (bicyclic) bond motifs is 1. The Labute approximate surface area is 80.6 Å². The zero-order valence-corrected chi connectivity index (χ0v) is 8.01. The topological polar surface area (TPSA) is 33.1 Å². The van der Waals surface area contributed by atoms with Gasteiger partial charge in [-0.3, -0.25) is 4.98 Å². The molecule has 0 radical (unpaired) electrons. The second kappa shape index (κ2) is 3.26. The summed E-state index contributed by atoms with van der Waals surface area (Å²) in [5, 5.41) is 10.2. The van der Waals surface area contributed by atoms with E-state index in [1.807, 2.05) is 24.6 Å². The van der Waals surface area contributed by atoms with Crippen molar-refractivity contribution in [3.8, 4) is 5.75 Å². The molecule has 2 aromatic rings. The fourth-order valence-corrected chi connectivity index (χ4v) is 1.61. The Balaban J connectivity index is 2.68. The molecule has 3 heteroatoms. The normalized spacial score (nSPS) is 10.5. The third-order valence-electron chi connectivity index (χ3n) is 1.88. The van der Waals surface area contributed by atoms with Gasteiger partial charge in [0.15, 0.2) is 0 Å². The first-order valence-corrected chi connectivity index (χ1v) is 5.15. The van der Waals surface area contributed by atoms with Crippen LogP contribution in [-0.4, -0.2) is 16.3 Å². The Bertz CT molecular complexity index is 442. The highest BCUT2D eigenvalue weighted by atomic mass is 32.2. The predicted molar refractivity (Wildman–Crippen MR) is 55.2 cm³/mol. The number of phenolic OH excluding ortho intramolecular Hbond substituents is 1. The maximum absolute atomic E-state index is 9.26. The average molecular weight is 191 g/mol. The van der Waals surface area contributed by atoms with Crippen molar-refractivity contribution in [2.45, 2.75) is 4.90 Å². The van der Waals surface area contributed by atoms with Crippen LogP contribution in [0.4, 0.5) is 0 Å². The smallest absolute Gasteiger partial charge is 0.116 e. The van der Waals surface area contributed by atoms with Crippen molar-refractivity contribution in [3.05, 3.63) is 30.5 Å². The molecule has 1 aromatic carbocycles. The van der Waals surface area contributed by atoms with Gasteiger partial charge in [0.05, 0.1) is 5.52 Å². The minimum Gasteiger partial charge on any atom is -0.508 e. The first-order chi connectivity index (χ1) is 6.29. The summed E-state index contributed by atoms with van der Waals surface area (Å²) in [6.07, 6.45) is 3.84. The Kier molecular flexibility index (Phi) is 2.10. The molecule has 66 valence electrons. The molecule has 2 rings (SSSR count). The Morgan fingerprint density at radius 1 is 1.31 bits per heavy atom. The second-order valence-corrected chi connectivity index (χ2v) is 3.63. The largest absolute Gasteiger partial charge is 0.508 e. The van der Waals surface area contributed by atoms with Crippen LogP contribution in [0.5, 0.6) is 5.75 Å². The zero-order chi connectivity index (χ0) is 9.26. The molecule has 0 amide bonds. The molecule has 0 saturated heterocycles. The Morgan fingerprint density at radius 3 is 2.92 bits per heavy atom. The van der Waals surface area contributed by atoms with Gasteiger partial charge in [-0.05, 0) is 30.5 Å². The molecular formula is C10H9NOS. The van der Waals surface area contributed by atoms with Gasteiger partial charge < -0.3 is 5.11 Å². The van der Waals surface area contributed by atoms with Crippen LogP contribution >= 0.6 is 11.8 Å². The number of hydrogen-bond donors (Lipinski definition) is 1. The minimum atomic E-state index is 0.285. The number of nitrogens with zero attached hydrogens (tertiary/aromatic N) is 1. The van der Waals surface area contributed by atoms with E-state index in [-0.39, 0.29) is 5.75 Å². The van der Waals surface area contributed by atoms with Gasteiger partial charge in [-0.1, -0.05) is 0 Å². The highest BCUT2D eigenvalue weighted by molar-refractivity contribution is 7.98. The lowest BCUT2D eigenvalue weighted by molar-refractivity contribution is 0.476. The summed E-state index contributed by atoms with van der Waals surface area (Å²) < 4.78 is 0. The summed E-state index contributed by atoms with van der Waals surface area (Å²) in [5.74, 6) is 0.285. The first kappa shape index (κ1) is 8.38. The number of aromatic hydroxyl groups is 1. The van der Waals surface area contributed by atoms with E-state index in [0.29, 0.717) is 0 Å². The monoisotopic (exact) mass is 191 g/mol. The van der Waals surface area contributed by atoms with Gasteiger partial charge in [-0.25, -0.2) is 0 Å². The summed E-state index contributed by atoms with van der Waals surface area (Å²) in [7, 11) is 0. The number of rotatable bonds is 1. The maximum atomic E-state index is 9.26. The molecule has 0 spiro atoms. The molecule has 0 bridgehead atoms. The van der Waals surface area contributed by atoms with Crippen molar-refractivity contribution in [1.82, 2.24) is 4.98 Å². The quantitative estimate of drug-likeness (QED) is 0.703. The van der Waals surface area contributed by atoms with E-state index in [2.05, 4.69) is 4.98 Å². The Morgan fingerprint density at radius 2 is 2.15 bits per heavy atom. The third-order valence-corrected chi connectivity index (χ3v) is 2.57. The van der Waals surface area contributed by atoms with E-state index >= 15 is 0 Å². The van der Waals surface area contributed by atoms with E-state index in [0.717, 1.165) is 15.8 Å². The van der Waals surface area contributed by atoms with Crippen molar-refractivity contribution >= 4 is 22.7 Å². The number of benzene rings is 1. The van der Waals surface area contributed by atoms with Gasteiger partial charge in [-0.15, -0.1) is 11.8 Å². The number of aromatic nitrogens is 1. The number of phenols is 1. The molecule has 1 N–H and O–H groups in total. The van der Waals surface area contributed by atoms with Gasteiger partial charge in [0.25, 0.3) is 0 Å². The third kappa shape index (κ3) is 1.60. The van der Waals surface area contributed by atoms with E-state index in [1.54, 1.807) is 23.9 Å². The van der Waals surface area contributed by atoms with Crippen LogP contribution < -0.4 is 0 Å². The second-order valence-electron chi connectivity index (χ2n) is 2.75. The van der Waals surface area contributed by atoms with E-state index in [4.69, 9.17) is 0 Å². The summed E-state index contributed by atoms with van der Waals surface area (Å²) in [6.45, 7) is 0. The number of pyridine rings is 1. The van der Waals surface area contributed by atoms with Crippen molar-refractivity contribution < 1.29 is 5.11 Å². The van der Waals surface area contributed by atoms with Crippen molar-refractivity contribution in [3.63, 3.8) is 0 Å². The van der Waals surface area contributed by atoms with Crippen LogP contribution in [0.1, 0.15) is 0 Å². The molecule has 1 aromatic heterocycles. The summed E-state index contributed by atoms with van der Waals surface area (Å²) in [6, 6.07) is 7.21. The molecule has 0 fully saturated rings. The fourth-order valence-electron chi connectivity index (χ4n) is 1.21. The van der Waals surface area contributed by atoms with E-state index < -0.39 is 0 Å². The lowest BCUT2D eigenvalue weighted by Gasteiger charge is -2.00. The zero-order valence-electron chi connectivity index (χ0n) is 7.19. The highest BCUT2D eigenvalue weighted by Gasteiger charge is 1.97. The van der Waals surface area contributed by atoms with Gasteiger partial charge in [0, 0.05) is 16.5 Å². The molecule has 0 atom stereocenters.